The van der Waals surface area contributed by atoms with E-state index in [1.807, 2.05) is 13.0 Å². The van der Waals surface area contributed by atoms with Crippen molar-refractivity contribution in [3.05, 3.63) is 65.3 Å². The SMILES string of the molecule is Cc1c(N2CCc3ncc(-c4cccnc4F)cc3C2)nn2cnnc2c1C. The summed E-state index contributed by atoms with van der Waals surface area (Å²) >= 11 is 0. The molecule has 0 radical (unpaired) electrons. The highest BCUT2D eigenvalue weighted by molar-refractivity contribution is 5.64. The highest BCUT2D eigenvalue weighted by Crippen LogP contribution is 2.30. The molecule has 0 bridgehead atoms. The minimum atomic E-state index is -0.483. The third kappa shape index (κ3) is 2.60. The lowest BCUT2D eigenvalue weighted by Gasteiger charge is -2.30. The van der Waals surface area contributed by atoms with E-state index in [2.05, 4.69) is 32.0 Å². The van der Waals surface area contributed by atoms with Crippen molar-refractivity contribution in [2.45, 2.75) is 26.8 Å². The zero-order valence-corrected chi connectivity index (χ0v) is 15.6. The first kappa shape index (κ1) is 16.7. The summed E-state index contributed by atoms with van der Waals surface area (Å²) < 4.78 is 15.8. The van der Waals surface area contributed by atoms with Gasteiger partial charge in [-0.15, -0.1) is 15.3 Å². The number of fused-ring (bicyclic) bond motifs is 2. The van der Waals surface area contributed by atoms with Crippen LogP contribution in [0.1, 0.15) is 22.4 Å². The zero-order valence-electron chi connectivity index (χ0n) is 15.6. The maximum absolute atomic E-state index is 14.1. The van der Waals surface area contributed by atoms with Crippen molar-refractivity contribution in [3.63, 3.8) is 0 Å². The molecule has 0 amide bonds. The van der Waals surface area contributed by atoms with Crippen molar-refractivity contribution in [1.29, 1.82) is 0 Å². The maximum Gasteiger partial charge on any atom is 0.220 e. The first-order valence-corrected chi connectivity index (χ1v) is 9.12. The van der Waals surface area contributed by atoms with Gasteiger partial charge in [0.1, 0.15) is 6.33 Å². The first-order valence-electron chi connectivity index (χ1n) is 9.12. The molecule has 4 aromatic heterocycles. The second-order valence-corrected chi connectivity index (χ2v) is 7.02. The lowest BCUT2D eigenvalue weighted by Crippen LogP contribution is -2.32. The largest absolute Gasteiger partial charge is 0.350 e. The lowest BCUT2D eigenvalue weighted by molar-refractivity contribution is 0.587. The van der Waals surface area contributed by atoms with Crippen molar-refractivity contribution in [3.8, 4) is 11.1 Å². The Hall–Kier alpha value is -3.42. The third-order valence-electron chi connectivity index (χ3n) is 5.38. The Labute approximate surface area is 160 Å². The van der Waals surface area contributed by atoms with E-state index in [0.29, 0.717) is 12.1 Å². The summed E-state index contributed by atoms with van der Waals surface area (Å²) in [6, 6.07) is 5.46. The highest BCUT2D eigenvalue weighted by atomic mass is 19.1. The minimum absolute atomic E-state index is 0.464. The molecular weight excluding hydrogens is 357 g/mol. The predicted molar refractivity (Wildman–Crippen MR) is 102 cm³/mol. The molecule has 5 rings (SSSR count). The van der Waals surface area contributed by atoms with Crippen LogP contribution in [0.5, 0.6) is 0 Å². The molecule has 0 fully saturated rings. The van der Waals surface area contributed by atoms with Crippen molar-refractivity contribution < 1.29 is 4.39 Å². The van der Waals surface area contributed by atoms with Crippen LogP contribution in [-0.4, -0.2) is 36.3 Å². The van der Waals surface area contributed by atoms with Crippen LogP contribution < -0.4 is 4.90 Å². The molecule has 5 heterocycles. The Kier molecular flexibility index (Phi) is 3.78. The molecule has 7 nitrogen and oxygen atoms in total. The van der Waals surface area contributed by atoms with Gasteiger partial charge in [-0.05, 0) is 37.6 Å². The number of halogens is 1. The van der Waals surface area contributed by atoms with Gasteiger partial charge in [0.05, 0.1) is 0 Å². The quantitative estimate of drug-likeness (QED) is 0.502. The fourth-order valence-electron chi connectivity index (χ4n) is 3.72. The van der Waals surface area contributed by atoms with Crippen LogP contribution in [0.4, 0.5) is 10.2 Å². The van der Waals surface area contributed by atoms with E-state index >= 15 is 0 Å². The summed E-state index contributed by atoms with van der Waals surface area (Å²) in [4.78, 5) is 10.6. The molecule has 0 unspecified atom stereocenters. The van der Waals surface area contributed by atoms with Crippen LogP contribution in [-0.2, 0) is 13.0 Å². The van der Waals surface area contributed by atoms with E-state index in [0.717, 1.165) is 52.4 Å². The van der Waals surface area contributed by atoms with Crippen LogP contribution in [0.3, 0.4) is 0 Å². The van der Waals surface area contributed by atoms with Gasteiger partial charge in [0.2, 0.25) is 5.95 Å². The number of aryl methyl sites for hydroxylation is 1. The van der Waals surface area contributed by atoms with Gasteiger partial charge in [0, 0.05) is 59.9 Å². The van der Waals surface area contributed by atoms with Gasteiger partial charge in [-0.1, -0.05) is 0 Å². The van der Waals surface area contributed by atoms with Gasteiger partial charge in [-0.2, -0.15) is 8.91 Å². The summed E-state index contributed by atoms with van der Waals surface area (Å²) in [7, 11) is 0. The summed E-state index contributed by atoms with van der Waals surface area (Å²) in [6.45, 7) is 5.58. The summed E-state index contributed by atoms with van der Waals surface area (Å²) in [5.74, 6) is 0.427. The third-order valence-corrected chi connectivity index (χ3v) is 5.38. The van der Waals surface area contributed by atoms with Gasteiger partial charge in [0.15, 0.2) is 11.5 Å². The van der Waals surface area contributed by atoms with E-state index in [1.165, 1.54) is 6.20 Å². The second kappa shape index (κ2) is 6.33. The average Bonchev–Trinajstić information content (AvgIpc) is 3.19. The summed E-state index contributed by atoms with van der Waals surface area (Å²) in [6.07, 6.45) is 5.61. The topological polar surface area (TPSA) is 72.1 Å². The number of hydrogen-bond acceptors (Lipinski definition) is 6. The van der Waals surface area contributed by atoms with Gasteiger partial charge in [-0.25, -0.2) is 4.98 Å². The number of hydrogen-bond donors (Lipinski definition) is 0. The van der Waals surface area contributed by atoms with Crippen LogP contribution in [0.15, 0.2) is 36.9 Å². The van der Waals surface area contributed by atoms with Crippen molar-refractivity contribution in [1.82, 2.24) is 29.8 Å². The maximum atomic E-state index is 14.1. The van der Waals surface area contributed by atoms with Crippen LogP contribution in [0.2, 0.25) is 0 Å². The molecule has 4 aromatic rings. The minimum Gasteiger partial charge on any atom is -0.350 e. The molecule has 0 spiro atoms. The molecule has 28 heavy (non-hydrogen) atoms. The highest BCUT2D eigenvalue weighted by Gasteiger charge is 2.23. The lowest BCUT2D eigenvalue weighted by atomic mass is 10.0. The number of pyridine rings is 2. The molecule has 1 aliphatic rings. The van der Waals surface area contributed by atoms with E-state index in [1.54, 1.807) is 29.2 Å². The molecule has 0 atom stereocenters. The predicted octanol–water partition coefficient (Wildman–Crippen LogP) is 2.90. The first-order chi connectivity index (χ1) is 13.6. The fourth-order valence-corrected chi connectivity index (χ4v) is 3.72. The fraction of sp³-hybridized carbons (Fsp3) is 0.250. The molecule has 1 aliphatic heterocycles. The normalized spacial score (nSPS) is 13.8. The Morgan fingerprint density at radius 2 is 2.04 bits per heavy atom. The van der Waals surface area contributed by atoms with Crippen molar-refractivity contribution in [2.75, 3.05) is 11.4 Å². The molecule has 0 aromatic carbocycles. The van der Waals surface area contributed by atoms with Gasteiger partial charge in [-0.3, -0.25) is 4.98 Å². The number of aromatic nitrogens is 6. The van der Waals surface area contributed by atoms with Crippen LogP contribution >= 0.6 is 0 Å². The molecular formula is C20H18FN7. The van der Waals surface area contributed by atoms with Gasteiger partial charge < -0.3 is 4.90 Å². The number of anilines is 1. The standard InChI is InChI=1S/C20H18FN7/c1-12-13(2)20(26-28-11-24-25-19(12)28)27-7-5-17-15(10-27)8-14(9-23-17)16-4-3-6-22-18(16)21/h3-4,6,8-9,11H,5,7,10H2,1-2H3. The number of nitrogens with zero attached hydrogens (tertiary/aromatic N) is 7. The monoisotopic (exact) mass is 375 g/mol. The molecule has 0 N–H and O–H groups in total. The Morgan fingerprint density at radius 1 is 1.14 bits per heavy atom. The Balaban J connectivity index is 1.54. The Morgan fingerprint density at radius 3 is 2.89 bits per heavy atom. The molecule has 0 aliphatic carbocycles. The van der Waals surface area contributed by atoms with Gasteiger partial charge in [0.25, 0.3) is 0 Å². The Bertz CT molecular complexity index is 1200. The summed E-state index contributed by atoms with van der Waals surface area (Å²) in [5.41, 5.74) is 6.25. The van der Waals surface area contributed by atoms with E-state index in [4.69, 9.17) is 5.10 Å². The molecule has 140 valence electrons. The van der Waals surface area contributed by atoms with Crippen molar-refractivity contribution in [2.24, 2.45) is 0 Å². The zero-order chi connectivity index (χ0) is 19.3. The van der Waals surface area contributed by atoms with Gasteiger partial charge >= 0.3 is 0 Å². The van der Waals surface area contributed by atoms with Crippen LogP contribution in [0.25, 0.3) is 16.8 Å². The second-order valence-electron chi connectivity index (χ2n) is 7.02. The van der Waals surface area contributed by atoms with E-state index < -0.39 is 5.95 Å². The average molecular weight is 375 g/mol. The van der Waals surface area contributed by atoms with E-state index in [9.17, 15) is 4.39 Å². The molecule has 0 saturated heterocycles. The van der Waals surface area contributed by atoms with Crippen LogP contribution in [0, 0.1) is 19.8 Å². The van der Waals surface area contributed by atoms with E-state index in [-0.39, 0.29) is 0 Å². The number of rotatable bonds is 2. The summed E-state index contributed by atoms with van der Waals surface area (Å²) in [5, 5.41) is 12.8. The smallest absolute Gasteiger partial charge is 0.220 e. The van der Waals surface area contributed by atoms with Crippen molar-refractivity contribution >= 4 is 11.5 Å². The molecule has 8 heteroatoms. The molecule has 0 saturated carbocycles.